The van der Waals surface area contributed by atoms with E-state index in [0.717, 1.165) is 30.0 Å². The van der Waals surface area contributed by atoms with Crippen molar-refractivity contribution in [3.63, 3.8) is 0 Å². The highest BCUT2D eigenvalue weighted by molar-refractivity contribution is 7.90. The van der Waals surface area contributed by atoms with Crippen molar-refractivity contribution in [2.45, 2.75) is 36.3 Å². The van der Waals surface area contributed by atoms with Crippen LogP contribution in [0.15, 0.2) is 77.7 Å². The smallest absolute Gasteiger partial charge is 0.333 e. The van der Waals surface area contributed by atoms with E-state index in [1.54, 1.807) is 0 Å². The second-order valence-electron chi connectivity index (χ2n) is 9.79. The van der Waals surface area contributed by atoms with Crippen LogP contribution in [0.1, 0.15) is 32.6 Å². The minimum absolute atomic E-state index is 0.126. The minimum Gasteiger partial charge on any atom is -0.333 e. The number of hydrogen-bond acceptors (Lipinski definition) is 4. The van der Waals surface area contributed by atoms with Crippen LogP contribution < -0.4 is 0 Å². The normalized spacial score (nSPS) is 17.2. The fourth-order valence-corrected chi connectivity index (χ4v) is 5.40. The molecule has 1 heterocycles. The Morgan fingerprint density at radius 3 is 2.02 bits per heavy atom. The molecule has 40 heavy (non-hydrogen) atoms. The van der Waals surface area contributed by atoms with E-state index in [2.05, 4.69) is 4.90 Å². The van der Waals surface area contributed by atoms with Gasteiger partial charge < -0.3 is 4.90 Å². The number of rotatable bonds is 6. The summed E-state index contributed by atoms with van der Waals surface area (Å²) in [5, 5.41) is 0. The summed E-state index contributed by atoms with van der Waals surface area (Å²) in [4.78, 5) is 16.4. The SMILES string of the molecule is CS(=O)(=O)c1cc(C(=O)N2CCN(Cc3ccccc3)C[C@H]2Cc2ccc(C(F)(F)F)cc2)cc(C(F)(F)F)c1. The first-order valence-electron chi connectivity index (χ1n) is 12.3. The van der Waals surface area contributed by atoms with E-state index in [-0.39, 0.29) is 13.0 Å². The molecule has 3 aromatic carbocycles. The molecular formula is C28H26F6N2O3S. The van der Waals surface area contributed by atoms with Crippen LogP contribution in [0.4, 0.5) is 26.3 Å². The van der Waals surface area contributed by atoms with Crippen LogP contribution in [0.25, 0.3) is 0 Å². The van der Waals surface area contributed by atoms with Crippen molar-refractivity contribution in [1.82, 2.24) is 9.80 Å². The van der Waals surface area contributed by atoms with E-state index in [1.165, 1.54) is 17.0 Å². The van der Waals surface area contributed by atoms with Gasteiger partial charge >= 0.3 is 12.4 Å². The second kappa shape index (κ2) is 11.2. The van der Waals surface area contributed by atoms with Crippen LogP contribution in [-0.2, 0) is 35.2 Å². The lowest BCUT2D eigenvalue weighted by atomic mass is 9.99. The maximum atomic E-state index is 13.6. The van der Waals surface area contributed by atoms with Gasteiger partial charge in [-0.15, -0.1) is 0 Å². The molecule has 0 spiro atoms. The number of nitrogens with zero attached hydrogens (tertiary/aromatic N) is 2. The maximum absolute atomic E-state index is 13.6. The molecule has 0 aromatic heterocycles. The standard InChI is InChI=1S/C28H26F6N2O3S/c1-40(38,39)25-15-21(14-23(16-25)28(32,33)34)26(37)36-12-11-35(17-20-5-3-2-4-6-20)18-24(36)13-19-7-9-22(10-8-19)27(29,30)31/h2-10,14-16,24H,11-13,17-18H2,1H3/t24-/m1/s1. The molecule has 0 saturated carbocycles. The average molecular weight is 585 g/mol. The lowest BCUT2D eigenvalue weighted by Gasteiger charge is -2.42. The first kappa shape index (κ1) is 29.6. The van der Waals surface area contributed by atoms with Gasteiger partial charge in [0.05, 0.1) is 16.0 Å². The molecule has 0 bridgehead atoms. The van der Waals surface area contributed by atoms with Gasteiger partial charge in [-0.05, 0) is 47.9 Å². The van der Waals surface area contributed by atoms with Gasteiger partial charge in [-0.1, -0.05) is 42.5 Å². The second-order valence-corrected chi connectivity index (χ2v) is 11.8. The van der Waals surface area contributed by atoms with Gasteiger partial charge in [-0.3, -0.25) is 9.69 Å². The molecule has 0 aliphatic carbocycles. The van der Waals surface area contributed by atoms with Crippen molar-refractivity contribution < 1.29 is 39.6 Å². The van der Waals surface area contributed by atoms with Crippen LogP contribution in [0, 0.1) is 0 Å². The Kier molecular flexibility index (Phi) is 8.32. The van der Waals surface area contributed by atoms with Crippen LogP contribution >= 0.6 is 0 Å². The number of alkyl halides is 6. The van der Waals surface area contributed by atoms with Gasteiger partial charge in [-0.2, -0.15) is 26.3 Å². The molecule has 0 unspecified atom stereocenters. The van der Waals surface area contributed by atoms with E-state index >= 15 is 0 Å². The van der Waals surface area contributed by atoms with Crippen LogP contribution in [0.2, 0.25) is 0 Å². The van der Waals surface area contributed by atoms with Gasteiger partial charge in [-0.25, -0.2) is 8.42 Å². The molecule has 5 nitrogen and oxygen atoms in total. The highest BCUT2D eigenvalue weighted by Gasteiger charge is 2.36. The molecule has 12 heteroatoms. The first-order chi connectivity index (χ1) is 18.6. The van der Waals surface area contributed by atoms with Crippen molar-refractivity contribution in [2.75, 3.05) is 25.9 Å². The fraction of sp³-hybridized carbons (Fsp3) is 0.321. The van der Waals surface area contributed by atoms with Gasteiger partial charge in [0.2, 0.25) is 0 Å². The number of piperazine rings is 1. The van der Waals surface area contributed by atoms with Crippen molar-refractivity contribution >= 4 is 15.7 Å². The molecule has 3 aromatic rings. The third kappa shape index (κ3) is 7.22. The summed E-state index contributed by atoms with van der Waals surface area (Å²) < 4.78 is 104. The third-order valence-electron chi connectivity index (χ3n) is 6.74. The molecule has 0 N–H and O–H groups in total. The predicted molar refractivity (Wildman–Crippen MR) is 136 cm³/mol. The fourth-order valence-electron chi connectivity index (χ4n) is 4.71. The average Bonchev–Trinajstić information content (AvgIpc) is 2.88. The number of carbonyl (C=O) groups is 1. The Hall–Kier alpha value is -3.38. The minimum atomic E-state index is -4.89. The number of hydrogen-bond donors (Lipinski definition) is 0. The van der Waals surface area contributed by atoms with Crippen LogP contribution in [0.5, 0.6) is 0 Å². The molecule has 1 fully saturated rings. The van der Waals surface area contributed by atoms with Crippen molar-refractivity contribution in [3.8, 4) is 0 Å². The summed E-state index contributed by atoms with van der Waals surface area (Å²) in [6.45, 7) is 1.36. The summed E-state index contributed by atoms with van der Waals surface area (Å²) in [5.74, 6) is -0.785. The van der Waals surface area contributed by atoms with Crippen molar-refractivity contribution in [3.05, 3.63) is 101 Å². The molecule has 214 valence electrons. The van der Waals surface area contributed by atoms with E-state index in [9.17, 15) is 39.6 Å². The molecule has 4 rings (SSSR count). The topological polar surface area (TPSA) is 57.7 Å². The van der Waals surface area contributed by atoms with Crippen molar-refractivity contribution in [2.24, 2.45) is 0 Å². The number of sulfone groups is 1. The number of benzene rings is 3. The zero-order valence-corrected chi connectivity index (χ0v) is 22.2. The Bertz CT molecular complexity index is 1460. The van der Waals surface area contributed by atoms with E-state index in [0.29, 0.717) is 37.3 Å². The molecular weight excluding hydrogens is 558 g/mol. The Balaban J connectivity index is 1.67. The Morgan fingerprint density at radius 1 is 0.825 bits per heavy atom. The van der Waals surface area contributed by atoms with Crippen LogP contribution in [0.3, 0.4) is 0 Å². The summed E-state index contributed by atoms with van der Waals surface area (Å²) >= 11 is 0. The quantitative estimate of drug-likeness (QED) is 0.349. The lowest BCUT2D eigenvalue weighted by Crippen LogP contribution is -2.55. The van der Waals surface area contributed by atoms with Gasteiger partial charge in [0, 0.05) is 44.0 Å². The number of halogens is 6. The first-order valence-corrected chi connectivity index (χ1v) is 14.2. The number of carbonyl (C=O) groups excluding carboxylic acids is 1. The summed E-state index contributed by atoms with van der Waals surface area (Å²) in [6, 6.07) is 15.4. The zero-order valence-electron chi connectivity index (χ0n) is 21.3. The molecule has 1 aliphatic heterocycles. The summed E-state index contributed by atoms with van der Waals surface area (Å²) in [6.07, 6.45) is -8.50. The van der Waals surface area contributed by atoms with Crippen LogP contribution in [-0.4, -0.2) is 56.1 Å². The third-order valence-corrected chi connectivity index (χ3v) is 7.83. The summed E-state index contributed by atoms with van der Waals surface area (Å²) in [5.41, 5.74) is -0.995. The largest absolute Gasteiger partial charge is 0.416 e. The Morgan fingerprint density at radius 2 is 1.45 bits per heavy atom. The zero-order chi connectivity index (χ0) is 29.3. The van der Waals surface area contributed by atoms with E-state index in [4.69, 9.17) is 0 Å². The molecule has 1 aliphatic rings. The highest BCUT2D eigenvalue weighted by atomic mass is 32.2. The number of amides is 1. The van der Waals surface area contributed by atoms with Crippen molar-refractivity contribution in [1.29, 1.82) is 0 Å². The predicted octanol–water partition coefficient (Wildman–Crippen LogP) is 5.70. The van der Waals surface area contributed by atoms with Gasteiger partial charge in [0.1, 0.15) is 0 Å². The van der Waals surface area contributed by atoms with Gasteiger partial charge in [0.15, 0.2) is 9.84 Å². The molecule has 1 atom stereocenters. The lowest BCUT2D eigenvalue weighted by molar-refractivity contribution is -0.138. The Labute approximate surface area is 227 Å². The maximum Gasteiger partial charge on any atom is 0.416 e. The van der Waals surface area contributed by atoms with E-state index < -0.39 is 55.7 Å². The molecule has 1 saturated heterocycles. The van der Waals surface area contributed by atoms with E-state index in [1.807, 2.05) is 30.3 Å². The monoisotopic (exact) mass is 584 g/mol. The highest BCUT2D eigenvalue weighted by Crippen LogP contribution is 2.33. The molecule has 1 amide bonds. The van der Waals surface area contributed by atoms with Gasteiger partial charge in [0.25, 0.3) is 5.91 Å². The summed E-state index contributed by atoms with van der Waals surface area (Å²) in [7, 11) is -4.06. The molecule has 0 radical (unpaired) electrons.